The average molecular weight is 2020 g/mol. The number of phenolic OH excluding ortho intramolecular Hbond substituents is 2. The summed E-state index contributed by atoms with van der Waals surface area (Å²) in [6.45, 7) is 9.53. The van der Waals surface area contributed by atoms with Gasteiger partial charge in [-0.1, -0.05) is 95.5 Å². The number of rotatable bonds is 28. The molecule has 141 heavy (non-hydrogen) atoms. The van der Waals surface area contributed by atoms with Crippen molar-refractivity contribution in [3.63, 3.8) is 0 Å². The van der Waals surface area contributed by atoms with Crippen molar-refractivity contribution in [3.8, 4) is 62.5 Å². The monoisotopic (exact) mass is 2020 g/mol. The van der Waals surface area contributed by atoms with Gasteiger partial charge in [0.05, 0.1) is 47.4 Å². The van der Waals surface area contributed by atoms with Crippen LogP contribution in [0.4, 0.5) is 0 Å². The van der Waals surface area contributed by atoms with Crippen molar-refractivity contribution >= 4 is 88.0 Å². The fourth-order valence-corrected chi connectivity index (χ4v) is 18.4. The third-order valence-corrected chi connectivity index (χ3v) is 26.6. The first-order valence-electron chi connectivity index (χ1n) is 46.4. The molecular weight excluding hydrogens is 1900 g/mol. The van der Waals surface area contributed by atoms with Gasteiger partial charge in [0.2, 0.25) is 53.4 Å². The van der Waals surface area contributed by atoms with Crippen LogP contribution < -0.4 is 89.9 Å². The number of hydrogen-bond acceptors (Lipinski definition) is 33. The molecule has 10 aliphatic heterocycles. The van der Waals surface area contributed by atoms with Gasteiger partial charge >= 0.3 is 5.97 Å². The van der Waals surface area contributed by atoms with Gasteiger partial charge in [0.25, 0.3) is 5.91 Å². The van der Waals surface area contributed by atoms with Crippen molar-refractivity contribution < 1.29 is 131 Å². The summed E-state index contributed by atoms with van der Waals surface area (Å²) >= 11 is 21.1. The molecule has 16 bridgehead atoms. The molecule has 3 saturated heterocycles. The Balaban J connectivity index is 0.939. The van der Waals surface area contributed by atoms with Gasteiger partial charge in [-0.2, -0.15) is 0 Å². The quantitative estimate of drug-likeness (QED) is 0.0247. The first-order valence-corrected chi connectivity index (χ1v) is 47.5. The summed E-state index contributed by atoms with van der Waals surface area (Å²) in [4.78, 5) is 138. The molecule has 3 fully saturated rings. The van der Waals surface area contributed by atoms with Gasteiger partial charge in [-0.05, 0) is 217 Å². The Hall–Kier alpha value is -11.1. The summed E-state index contributed by atoms with van der Waals surface area (Å²) < 4.78 is 66.7. The van der Waals surface area contributed by atoms with Crippen molar-refractivity contribution in [2.45, 2.75) is 232 Å². The number of aliphatic hydroxyl groups is 6. The van der Waals surface area contributed by atoms with Crippen LogP contribution in [-0.2, 0) is 82.9 Å². The number of aryl methyl sites for hydroxylation is 1. The predicted octanol–water partition coefficient (Wildman–Crippen LogP) is 3.07. The third-order valence-electron chi connectivity index (χ3n) is 25.7. The lowest BCUT2D eigenvalue weighted by molar-refractivity contribution is -0.351. The number of aliphatic hydroxyl groups excluding tert-OH is 6. The topological polar surface area (TPSA) is 618 Å². The molecule has 0 radical (unpaired) electrons. The number of nitrogens with two attached hydrogens (primary N) is 3. The maximum absolute atomic E-state index is 16.8. The van der Waals surface area contributed by atoms with Gasteiger partial charge < -0.3 is 164 Å². The average Bonchev–Trinajstić information content (AvgIpc) is 0.760. The molecule has 7 aromatic carbocycles. The van der Waals surface area contributed by atoms with E-state index in [0.29, 0.717) is 31.1 Å². The summed E-state index contributed by atoms with van der Waals surface area (Å²) in [5.41, 5.74) is 16.5. The van der Waals surface area contributed by atoms with Crippen LogP contribution in [0.5, 0.6) is 40.2 Å². The van der Waals surface area contributed by atoms with Crippen molar-refractivity contribution in [3.05, 3.63) is 181 Å². The van der Waals surface area contributed by atoms with Gasteiger partial charge in [0.15, 0.2) is 49.1 Å². The second kappa shape index (κ2) is 46.5. The molecule has 0 aromatic heterocycles. The van der Waals surface area contributed by atoms with E-state index in [-0.39, 0.29) is 70.8 Å². The normalized spacial score (nSPS) is 28.3. The van der Waals surface area contributed by atoms with E-state index in [4.69, 9.17) is 99.4 Å². The number of halogens is 3. The van der Waals surface area contributed by atoms with Crippen LogP contribution in [0.1, 0.15) is 148 Å². The molecule has 44 heteroatoms. The number of fused-ring (bicyclic) bond motifs is 14. The Morgan fingerprint density at radius 3 is 1.94 bits per heavy atom. The number of ether oxygens (including phenoxy) is 10. The minimum absolute atomic E-state index is 0.0495. The highest BCUT2D eigenvalue weighted by Gasteiger charge is 2.55. The van der Waals surface area contributed by atoms with E-state index in [0.717, 1.165) is 79.4 Å². The number of aromatic hydroxyl groups is 2. The molecule has 0 aliphatic carbocycles. The molecule has 10 aliphatic rings. The lowest BCUT2D eigenvalue weighted by Gasteiger charge is -2.49. The minimum Gasteiger partial charge on any atom is -0.508 e. The standard InChI is InChI=1S/C97H119Cl3N14O27/c1-45-11-14-51-32-57(45)73-58(37-56(116)38-63(73)117)76(93(131)132-44-70(119)107-30-10-29-106-27-8-7-26-105-28-9-25-101)112-92(130)78-82-53-20-24-65(60(100)34-53)136-67-36-54-35-66(135-64-23-19-52(33-59(64)99)79(120)77(113-87(125)61(104-6)31-46(2)115)91(129)109-62(39-69(102)118)88(126)110-75(54)90(128)111-74(51)89(127)114-78)83(67)141-94-84(81(122)80(121)68(137-94)43-133-95-86(124)96(4,103)40-71(138-82)140-95)139-72-41-97(5,85(123)47(3)134-72)108-42-48-12-15-49(16-13-48)50-17-21-55(98)22-18-50/h11-24,32-38,46-47,61-62,68,71-72,74-82,84-86,94-95,104-106,108,115-117,120-124H,7-10,25-31,39-44,101,103H2,1-6H3,(H2,102,118)(H,107,119)(H,109,129)(H,110,126)(H,111,128)(H,112,130)(H,113,125)(H,114,127)/t46?,47-,61+,62-,68+,71+,72-,74+,75+,76+,77+,78-,79+,80+,81-,82+,84+,85-,86-,94-,95+,96-,97-/m0/s1. The van der Waals surface area contributed by atoms with E-state index in [2.05, 4.69) is 58.5 Å². The van der Waals surface area contributed by atoms with Crippen molar-refractivity contribution in [2.75, 3.05) is 59.5 Å². The second-order valence-electron chi connectivity index (χ2n) is 36.6. The number of carbonyl (C=O) groups excluding carboxylic acids is 9. The number of nitrogens with one attached hydrogen (secondary N) is 11. The van der Waals surface area contributed by atoms with Crippen molar-refractivity contribution in [1.29, 1.82) is 0 Å². The molecule has 10 heterocycles. The molecule has 760 valence electrons. The predicted molar refractivity (Wildman–Crippen MR) is 508 cm³/mol. The molecule has 1 unspecified atom stereocenters. The fourth-order valence-electron chi connectivity index (χ4n) is 17.9. The largest absolute Gasteiger partial charge is 0.508 e. The van der Waals surface area contributed by atoms with Crippen LogP contribution in [0, 0.1) is 6.92 Å². The Bertz CT molecular complexity index is 5700. The van der Waals surface area contributed by atoms with Crippen molar-refractivity contribution in [1.82, 2.24) is 58.5 Å². The SMILES string of the molecule is CN[C@H](CC(C)O)C(=O)N[C@H]1C(=O)N[C@@H](CC(N)=O)C(=O)N[C@H]2C(=O)N[C@H]3C(=O)N[C@H](C(=O)N[C@@H](C(=O)OCC(=O)NCCCNCCCCNCCCN)c4cc(O)cc(O)c4-c4cc3ccc4C)[C@@H]3O[C@H]4C[C@](C)(N)[C@@H](O)[C@H](OC[C@H]5O[C@@H](Oc6c(cc2cc6Oc2ccc3cc2Cl)Oc2ccc(cc2Cl)[C@H]1O)[C@H](O[C@H]1C[C@](C)(NCc2ccc(-c3ccc(Cl)cc3)cc2)[C@@H](O)[C@H](C)O1)[C@@H](O)[C@@H]5O)O4. The summed E-state index contributed by atoms with van der Waals surface area (Å²) in [6.07, 6.45) is -23.8. The zero-order valence-corrected chi connectivity index (χ0v) is 80.2. The molecule has 0 saturated carbocycles. The zero-order valence-electron chi connectivity index (χ0n) is 78.0. The molecule has 17 rings (SSSR count). The van der Waals surface area contributed by atoms with Gasteiger partial charge in [-0.25, -0.2) is 4.79 Å². The number of unbranched alkanes of at least 4 members (excludes halogenated alkanes) is 1. The molecule has 23 atom stereocenters. The Morgan fingerprint density at radius 1 is 0.645 bits per heavy atom. The Morgan fingerprint density at radius 2 is 1.28 bits per heavy atom. The van der Waals surface area contributed by atoms with Crippen LogP contribution in [0.25, 0.3) is 22.3 Å². The van der Waals surface area contributed by atoms with Gasteiger partial charge in [0, 0.05) is 59.2 Å². The van der Waals surface area contributed by atoms with E-state index in [1.807, 2.05) is 36.4 Å². The second-order valence-corrected chi connectivity index (χ2v) is 37.9. The first-order chi connectivity index (χ1) is 67.2. The summed E-state index contributed by atoms with van der Waals surface area (Å²) in [5.74, 6) is -15.4. The number of benzene rings is 7. The maximum atomic E-state index is 16.8. The number of hydrogen-bond donors (Lipinski definition) is 22. The van der Waals surface area contributed by atoms with Gasteiger partial charge in [-0.15, -0.1) is 0 Å². The lowest BCUT2D eigenvalue weighted by Crippen LogP contribution is -2.66. The van der Waals surface area contributed by atoms with Crippen LogP contribution in [0.3, 0.4) is 0 Å². The van der Waals surface area contributed by atoms with E-state index < -0.39 is 269 Å². The summed E-state index contributed by atoms with van der Waals surface area (Å²) in [5, 5.41) is 128. The minimum atomic E-state index is -2.38. The van der Waals surface area contributed by atoms with Gasteiger partial charge in [-0.3, -0.25) is 38.4 Å². The number of carbonyl (C=O) groups is 9. The molecule has 7 aromatic rings. The Labute approximate surface area is 826 Å². The van der Waals surface area contributed by atoms with E-state index in [9.17, 15) is 55.2 Å². The number of phenols is 2. The van der Waals surface area contributed by atoms with Gasteiger partial charge in [0.1, 0.15) is 89.8 Å². The molecule has 8 amide bonds. The van der Waals surface area contributed by atoms with Crippen molar-refractivity contribution in [2.24, 2.45) is 17.2 Å². The fraction of sp³-hybridized carbons (Fsp3) is 0.474. The van der Waals surface area contributed by atoms with Crippen LogP contribution in [-0.4, -0.2) is 263 Å². The van der Waals surface area contributed by atoms with Crippen LogP contribution in [0.15, 0.2) is 127 Å². The smallest absolute Gasteiger partial charge is 0.333 e. The highest BCUT2D eigenvalue weighted by Crippen LogP contribution is 2.51. The third kappa shape index (κ3) is 25.4. The Kier molecular flexibility index (Phi) is 34.9. The first kappa shape index (κ1) is 106. The highest BCUT2D eigenvalue weighted by molar-refractivity contribution is 6.32. The molecule has 0 spiro atoms. The number of likely N-dealkylation sites (N-methyl/N-ethyl adjacent to an activating group) is 1. The summed E-state index contributed by atoms with van der Waals surface area (Å²) in [6, 6.07) is 15.8. The summed E-state index contributed by atoms with van der Waals surface area (Å²) in [7, 11) is 1.38. The lowest BCUT2D eigenvalue weighted by atomic mass is 9.84. The molecule has 41 nitrogen and oxygen atoms in total. The maximum Gasteiger partial charge on any atom is 0.333 e. The van der Waals surface area contributed by atoms with E-state index in [1.165, 1.54) is 69.4 Å². The zero-order chi connectivity index (χ0) is 101. The molecular formula is C97H119Cl3N14O27. The molecule has 25 N–H and O–H groups in total. The number of primary amides is 1. The highest BCUT2D eigenvalue weighted by atomic mass is 35.5. The number of amides is 8. The van der Waals surface area contributed by atoms with E-state index >= 15 is 28.8 Å². The van der Waals surface area contributed by atoms with E-state index in [1.54, 1.807) is 32.9 Å². The number of esters is 1. The van der Waals surface area contributed by atoms with Crippen LogP contribution >= 0.6 is 34.8 Å². The van der Waals surface area contributed by atoms with Crippen LogP contribution in [0.2, 0.25) is 15.1 Å².